The fourth-order valence-electron chi connectivity index (χ4n) is 2.74. The molecule has 0 heterocycles. The van der Waals surface area contributed by atoms with Crippen LogP contribution in [0.4, 0.5) is 17.1 Å². The van der Waals surface area contributed by atoms with Gasteiger partial charge in [0.15, 0.2) is 0 Å². The van der Waals surface area contributed by atoms with E-state index < -0.39 is 0 Å². The lowest BCUT2D eigenvalue weighted by Crippen LogP contribution is -2.25. The highest BCUT2D eigenvalue weighted by atomic mass is 16.3. The zero-order valence-corrected chi connectivity index (χ0v) is 14.5. The van der Waals surface area contributed by atoms with Crippen LogP contribution in [0.2, 0.25) is 0 Å². The van der Waals surface area contributed by atoms with Gasteiger partial charge >= 0.3 is 0 Å². The van der Waals surface area contributed by atoms with Crippen molar-refractivity contribution in [1.82, 2.24) is 0 Å². The van der Waals surface area contributed by atoms with E-state index in [4.69, 9.17) is 0 Å². The van der Waals surface area contributed by atoms with E-state index in [-0.39, 0.29) is 5.75 Å². The molecule has 1 N–H and O–H groups in total. The predicted molar refractivity (Wildman–Crippen MR) is 106 cm³/mol. The quantitative estimate of drug-likeness (QED) is 0.610. The van der Waals surface area contributed by atoms with Gasteiger partial charge in [0.05, 0.1) is 5.69 Å². The molecule has 3 aromatic carbocycles. The van der Waals surface area contributed by atoms with Crippen molar-refractivity contribution in [3.63, 3.8) is 0 Å². The van der Waals surface area contributed by atoms with Crippen molar-refractivity contribution in [3.05, 3.63) is 84.4 Å². The first-order valence-corrected chi connectivity index (χ1v) is 8.41. The zero-order chi connectivity index (χ0) is 17.6. The molecule has 0 spiro atoms. The second-order valence-electron chi connectivity index (χ2n) is 6.17. The van der Waals surface area contributed by atoms with Crippen LogP contribution in [-0.2, 0) is 0 Å². The van der Waals surface area contributed by atoms with Crippen LogP contribution in [0.1, 0.15) is 19.4 Å². The third-order valence-electron chi connectivity index (χ3n) is 3.93. The van der Waals surface area contributed by atoms with Crippen molar-refractivity contribution in [2.24, 2.45) is 4.99 Å². The number of rotatable bonds is 5. The monoisotopic (exact) mass is 330 g/mol. The van der Waals surface area contributed by atoms with Crippen molar-refractivity contribution < 1.29 is 5.11 Å². The topological polar surface area (TPSA) is 35.8 Å². The normalized spacial score (nSPS) is 11.2. The van der Waals surface area contributed by atoms with E-state index >= 15 is 0 Å². The average molecular weight is 330 g/mol. The number of aliphatic imine (C=N–C) groups is 1. The molecule has 0 bridgehead atoms. The fraction of sp³-hybridized carbons (Fsp3) is 0.136. The minimum Gasteiger partial charge on any atom is -0.508 e. The molecule has 0 radical (unpaired) electrons. The third kappa shape index (κ3) is 4.27. The highest BCUT2D eigenvalue weighted by Crippen LogP contribution is 2.29. The molecule has 0 aromatic heterocycles. The number of benzene rings is 3. The molecule has 3 nitrogen and oxygen atoms in total. The molecule has 0 saturated heterocycles. The van der Waals surface area contributed by atoms with Crippen LogP contribution >= 0.6 is 0 Å². The number of phenols is 1. The van der Waals surface area contributed by atoms with Gasteiger partial charge in [-0.05, 0) is 80.1 Å². The second-order valence-corrected chi connectivity index (χ2v) is 6.17. The van der Waals surface area contributed by atoms with Crippen LogP contribution in [0.15, 0.2) is 83.9 Å². The van der Waals surface area contributed by atoms with E-state index in [1.165, 1.54) is 5.69 Å². The Bertz CT molecular complexity index is 822. The molecule has 0 unspecified atom stereocenters. The molecule has 0 aliphatic carbocycles. The smallest absolute Gasteiger partial charge is 0.115 e. The summed E-state index contributed by atoms with van der Waals surface area (Å²) in [7, 11) is 0. The minimum absolute atomic E-state index is 0.260. The zero-order valence-electron chi connectivity index (χ0n) is 14.5. The Morgan fingerprint density at radius 3 is 2.00 bits per heavy atom. The number of nitrogens with zero attached hydrogens (tertiary/aromatic N) is 2. The maximum Gasteiger partial charge on any atom is 0.115 e. The lowest BCUT2D eigenvalue weighted by molar-refractivity contribution is 0.475. The summed E-state index contributed by atoms with van der Waals surface area (Å²) in [5, 5.41) is 9.31. The van der Waals surface area contributed by atoms with Gasteiger partial charge in [-0.3, -0.25) is 4.99 Å². The maximum absolute atomic E-state index is 9.31. The second kappa shape index (κ2) is 7.67. The molecule has 0 saturated carbocycles. The van der Waals surface area contributed by atoms with Crippen molar-refractivity contribution in [3.8, 4) is 5.75 Å². The number of anilines is 2. The highest BCUT2D eigenvalue weighted by molar-refractivity contribution is 5.82. The van der Waals surface area contributed by atoms with Gasteiger partial charge in [-0.15, -0.1) is 0 Å². The molecule has 3 aromatic rings. The first kappa shape index (κ1) is 16.8. The fourth-order valence-corrected chi connectivity index (χ4v) is 2.74. The van der Waals surface area contributed by atoms with Crippen LogP contribution in [0, 0.1) is 0 Å². The number of phenolic OH excluding ortho intramolecular Hbond substituents is 1. The van der Waals surface area contributed by atoms with E-state index in [0.717, 1.165) is 16.9 Å². The Balaban J connectivity index is 1.80. The van der Waals surface area contributed by atoms with Crippen LogP contribution in [0.25, 0.3) is 0 Å². The van der Waals surface area contributed by atoms with Crippen molar-refractivity contribution in [2.45, 2.75) is 19.9 Å². The molecule has 0 amide bonds. The first-order valence-electron chi connectivity index (χ1n) is 8.41. The molecule has 3 heteroatoms. The molecule has 0 atom stereocenters. The van der Waals surface area contributed by atoms with Gasteiger partial charge in [0.2, 0.25) is 0 Å². The molecule has 126 valence electrons. The molecule has 0 fully saturated rings. The molecule has 0 aliphatic heterocycles. The van der Waals surface area contributed by atoms with E-state index in [2.05, 4.69) is 60.1 Å². The van der Waals surface area contributed by atoms with E-state index in [1.807, 2.05) is 30.3 Å². The summed E-state index contributed by atoms with van der Waals surface area (Å²) in [6, 6.07) is 26.0. The maximum atomic E-state index is 9.31. The Morgan fingerprint density at radius 1 is 0.800 bits per heavy atom. The standard InChI is InChI=1S/C22H22N2O/c1-17(2)24(20-6-4-3-5-7-20)21-12-10-19(11-13-21)23-16-18-8-14-22(25)15-9-18/h3-17,25H,1-2H3. The van der Waals surface area contributed by atoms with Gasteiger partial charge in [0.25, 0.3) is 0 Å². The summed E-state index contributed by atoms with van der Waals surface area (Å²) in [4.78, 5) is 6.80. The Labute approximate surface area is 148 Å². The van der Waals surface area contributed by atoms with Crippen molar-refractivity contribution in [1.29, 1.82) is 0 Å². The van der Waals surface area contributed by atoms with E-state index in [9.17, 15) is 5.11 Å². The lowest BCUT2D eigenvalue weighted by Gasteiger charge is -2.29. The third-order valence-corrected chi connectivity index (χ3v) is 3.93. The van der Waals surface area contributed by atoms with Crippen molar-refractivity contribution in [2.75, 3.05) is 4.90 Å². The largest absolute Gasteiger partial charge is 0.508 e. The van der Waals surface area contributed by atoms with Crippen LogP contribution in [0.5, 0.6) is 5.75 Å². The SMILES string of the molecule is CC(C)N(c1ccccc1)c1ccc(N=Cc2ccc(O)cc2)cc1. The van der Waals surface area contributed by atoms with Crippen LogP contribution in [0.3, 0.4) is 0 Å². The summed E-state index contributed by atoms with van der Waals surface area (Å²) < 4.78 is 0. The lowest BCUT2D eigenvalue weighted by atomic mass is 10.2. The number of aromatic hydroxyl groups is 1. The first-order chi connectivity index (χ1) is 12.1. The summed E-state index contributed by atoms with van der Waals surface area (Å²) in [6.45, 7) is 4.37. The van der Waals surface area contributed by atoms with E-state index in [0.29, 0.717) is 6.04 Å². The summed E-state index contributed by atoms with van der Waals surface area (Å²) >= 11 is 0. The van der Waals surface area contributed by atoms with Crippen LogP contribution < -0.4 is 4.90 Å². The minimum atomic E-state index is 0.260. The van der Waals surface area contributed by atoms with Gasteiger partial charge in [0, 0.05) is 23.6 Å². The molecule has 0 aliphatic rings. The van der Waals surface area contributed by atoms with Gasteiger partial charge in [-0.1, -0.05) is 18.2 Å². The summed E-state index contributed by atoms with van der Waals surface area (Å²) in [5.74, 6) is 0.260. The van der Waals surface area contributed by atoms with Gasteiger partial charge < -0.3 is 10.0 Å². The van der Waals surface area contributed by atoms with Crippen molar-refractivity contribution >= 4 is 23.3 Å². The Kier molecular flexibility index (Phi) is 5.14. The molecular formula is C22H22N2O. The highest BCUT2D eigenvalue weighted by Gasteiger charge is 2.12. The number of hydrogen-bond acceptors (Lipinski definition) is 3. The number of para-hydroxylation sites is 1. The molecular weight excluding hydrogens is 308 g/mol. The average Bonchev–Trinajstić information content (AvgIpc) is 2.63. The summed E-state index contributed by atoms with van der Waals surface area (Å²) in [5.41, 5.74) is 4.17. The van der Waals surface area contributed by atoms with Crippen LogP contribution in [-0.4, -0.2) is 17.4 Å². The molecule has 3 rings (SSSR count). The summed E-state index contributed by atoms with van der Waals surface area (Å²) in [6.07, 6.45) is 1.80. The Hall–Kier alpha value is -3.07. The van der Waals surface area contributed by atoms with E-state index in [1.54, 1.807) is 18.3 Å². The van der Waals surface area contributed by atoms with Gasteiger partial charge in [0.1, 0.15) is 5.75 Å². The molecule has 25 heavy (non-hydrogen) atoms. The Morgan fingerprint density at radius 2 is 1.40 bits per heavy atom. The van der Waals surface area contributed by atoms with Gasteiger partial charge in [-0.2, -0.15) is 0 Å². The van der Waals surface area contributed by atoms with Gasteiger partial charge in [-0.25, -0.2) is 0 Å². The number of hydrogen-bond donors (Lipinski definition) is 1. The predicted octanol–water partition coefficient (Wildman–Crippen LogP) is 5.69.